The largest absolute Gasteiger partial charge is 0.381 e. The van der Waals surface area contributed by atoms with Gasteiger partial charge < -0.3 is 25.6 Å². The smallest absolute Gasteiger partial charge is 0.230 e. The molecule has 11 nitrogen and oxygen atoms in total. The summed E-state index contributed by atoms with van der Waals surface area (Å²) in [6.45, 7) is 3.01. The fourth-order valence-corrected chi connectivity index (χ4v) is 5.81. The zero-order valence-electron chi connectivity index (χ0n) is 19.7. The molecule has 2 amide bonds. The predicted octanol–water partition coefficient (Wildman–Crippen LogP) is 3.02. The Hall–Kier alpha value is -3.16. The highest BCUT2D eigenvalue weighted by atomic mass is 32.1. The summed E-state index contributed by atoms with van der Waals surface area (Å²) >= 11 is 2.70. The Kier molecular flexibility index (Phi) is 7.98. The minimum Gasteiger partial charge on any atom is -0.381 e. The van der Waals surface area contributed by atoms with E-state index < -0.39 is 0 Å². The number of rotatable bonds is 9. The standard InChI is InChI=1S/C23H28N8O3S2/c32-18(12-15-4-2-1-3-5-15)25-21-28-27-20(35-21)24-17-6-9-31(14-17)23-30-29-22(36-23)26-19(33)13-16-7-10-34-11-8-16/h1-5,16-17H,6-14H2,(H,24,27)(H,25,28,32)(H,26,29,33)/t17-/m1/s1. The maximum atomic E-state index is 12.4. The second-order valence-corrected chi connectivity index (χ2v) is 10.8. The quantitative estimate of drug-likeness (QED) is 0.383. The van der Waals surface area contributed by atoms with Gasteiger partial charge in [-0.05, 0) is 30.7 Å². The van der Waals surface area contributed by atoms with E-state index in [-0.39, 0.29) is 17.9 Å². The van der Waals surface area contributed by atoms with Crippen LogP contribution in [0.1, 0.15) is 31.2 Å². The third kappa shape index (κ3) is 6.74. The lowest BCUT2D eigenvalue weighted by atomic mass is 9.96. The Labute approximate surface area is 216 Å². The number of benzene rings is 1. The highest BCUT2D eigenvalue weighted by Gasteiger charge is 2.26. The lowest BCUT2D eigenvalue weighted by Crippen LogP contribution is -2.25. The number of carbonyl (C=O) groups is 2. The normalized spacial score (nSPS) is 18.2. The first-order valence-electron chi connectivity index (χ1n) is 12.0. The van der Waals surface area contributed by atoms with Gasteiger partial charge in [-0.2, -0.15) is 0 Å². The molecule has 0 spiro atoms. The van der Waals surface area contributed by atoms with Crippen molar-refractivity contribution in [2.45, 2.75) is 38.1 Å². The van der Waals surface area contributed by atoms with E-state index in [2.05, 4.69) is 41.2 Å². The lowest BCUT2D eigenvalue weighted by molar-refractivity contribution is -0.118. The maximum Gasteiger partial charge on any atom is 0.230 e. The van der Waals surface area contributed by atoms with Crippen LogP contribution in [-0.2, 0) is 20.7 Å². The number of carbonyl (C=O) groups excluding carboxylic acids is 2. The van der Waals surface area contributed by atoms with Crippen molar-refractivity contribution in [1.29, 1.82) is 0 Å². The predicted molar refractivity (Wildman–Crippen MR) is 140 cm³/mol. The number of amides is 2. The maximum absolute atomic E-state index is 12.4. The van der Waals surface area contributed by atoms with Crippen molar-refractivity contribution < 1.29 is 14.3 Å². The molecule has 2 aromatic heterocycles. The van der Waals surface area contributed by atoms with E-state index in [1.807, 2.05) is 30.3 Å². The minimum absolute atomic E-state index is 0.0199. The van der Waals surface area contributed by atoms with Crippen LogP contribution in [0, 0.1) is 5.92 Å². The molecule has 1 atom stereocenters. The fourth-order valence-electron chi connectivity index (χ4n) is 4.28. The third-order valence-electron chi connectivity index (χ3n) is 6.14. The summed E-state index contributed by atoms with van der Waals surface area (Å²) < 4.78 is 5.36. The number of anilines is 4. The van der Waals surface area contributed by atoms with Crippen LogP contribution in [0.15, 0.2) is 30.3 Å². The molecule has 36 heavy (non-hydrogen) atoms. The van der Waals surface area contributed by atoms with Gasteiger partial charge in [-0.15, -0.1) is 20.4 Å². The average molecular weight is 529 g/mol. The first-order valence-corrected chi connectivity index (χ1v) is 13.6. The van der Waals surface area contributed by atoms with Crippen molar-refractivity contribution in [3.05, 3.63) is 35.9 Å². The summed E-state index contributed by atoms with van der Waals surface area (Å²) in [7, 11) is 0. The lowest BCUT2D eigenvalue weighted by Gasteiger charge is -2.20. The molecule has 0 unspecified atom stereocenters. The second kappa shape index (κ2) is 11.7. The molecular formula is C23H28N8O3S2. The van der Waals surface area contributed by atoms with Crippen LogP contribution in [0.3, 0.4) is 0 Å². The summed E-state index contributed by atoms with van der Waals surface area (Å²) in [6.07, 6.45) is 3.53. The Balaban J connectivity index is 1.07. The van der Waals surface area contributed by atoms with Crippen LogP contribution in [-0.4, -0.2) is 64.6 Å². The Bertz CT molecular complexity index is 1170. The average Bonchev–Trinajstić information content (AvgIpc) is 3.62. The van der Waals surface area contributed by atoms with Crippen molar-refractivity contribution in [2.24, 2.45) is 5.92 Å². The summed E-state index contributed by atoms with van der Waals surface area (Å²) in [6, 6.07) is 9.74. The van der Waals surface area contributed by atoms with E-state index in [9.17, 15) is 9.59 Å². The molecule has 2 saturated heterocycles. The molecule has 0 radical (unpaired) electrons. The zero-order valence-corrected chi connectivity index (χ0v) is 21.3. The number of nitrogens with zero attached hydrogens (tertiary/aromatic N) is 5. The molecule has 3 aromatic rings. The van der Waals surface area contributed by atoms with Crippen LogP contribution < -0.4 is 20.9 Å². The SMILES string of the molecule is O=C(Cc1ccccc1)Nc1nnc(N[C@@H]2CCN(c3nnc(NC(=O)CC4CCOCC4)s3)C2)s1. The van der Waals surface area contributed by atoms with Crippen molar-refractivity contribution >= 4 is 55.0 Å². The monoisotopic (exact) mass is 528 g/mol. The van der Waals surface area contributed by atoms with E-state index in [0.29, 0.717) is 34.2 Å². The summed E-state index contributed by atoms with van der Waals surface area (Å²) in [5.41, 5.74) is 0.947. The van der Waals surface area contributed by atoms with E-state index in [1.54, 1.807) is 0 Å². The van der Waals surface area contributed by atoms with Crippen LogP contribution in [0.2, 0.25) is 0 Å². The highest BCUT2D eigenvalue weighted by Crippen LogP contribution is 2.29. The van der Waals surface area contributed by atoms with Crippen molar-refractivity contribution in [2.75, 3.05) is 47.2 Å². The van der Waals surface area contributed by atoms with Gasteiger partial charge in [-0.1, -0.05) is 53.0 Å². The Morgan fingerprint density at radius 2 is 1.64 bits per heavy atom. The summed E-state index contributed by atoms with van der Waals surface area (Å²) in [5, 5.41) is 28.2. The van der Waals surface area contributed by atoms with Crippen LogP contribution >= 0.6 is 22.7 Å². The number of ether oxygens (including phenoxy) is 1. The highest BCUT2D eigenvalue weighted by molar-refractivity contribution is 7.19. The number of hydrogen-bond acceptors (Lipinski definition) is 11. The third-order valence-corrected chi connectivity index (χ3v) is 7.81. The first-order chi connectivity index (χ1) is 17.6. The molecule has 0 bridgehead atoms. The van der Waals surface area contributed by atoms with Gasteiger partial charge in [0.1, 0.15) is 0 Å². The molecule has 13 heteroatoms. The second-order valence-electron chi connectivity index (χ2n) is 8.90. The Morgan fingerprint density at radius 1 is 0.917 bits per heavy atom. The van der Waals surface area contributed by atoms with Crippen LogP contribution in [0.4, 0.5) is 20.5 Å². The van der Waals surface area contributed by atoms with Gasteiger partial charge in [0.2, 0.25) is 32.3 Å². The minimum atomic E-state index is -0.122. The number of hydrogen-bond donors (Lipinski definition) is 3. The Morgan fingerprint density at radius 3 is 2.47 bits per heavy atom. The van der Waals surface area contributed by atoms with Gasteiger partial charge in [0.05, 0.1) is 6.42 Å². The molecule has 190 valence electrons. The molecule has 4 heterocycles. The molecule has 3 N–H and O–H groups in total. The van der Waals surface area contributed by atoms with E-state index >= 15 is 0 Å². The van der Waals surface area contributed by atoms with Gasteiger partial charge in [0.25, 0.3) is 0 Å². The van der Waals surface area contributed by atoms with Crippen LogP contribution in [0.25, 0.3) is 0 Å². The van der Waals surface area contributed by atoms with E-state index in [0.717, 1.165) is 56.3 Å². The van der Waals surface area contributed by atoms with Gasteiger partial charge in [0, 0.05) is 38.8 Å². The van der Waals surface area contributed by atoms with E-state index in [4.69, 9.17) is 4.74 Å². The summed E-state index contributed by atoms with van der Waals surface area (Å²) in [4.78, 5) is 26.8. The van der Waals surface area contributed by atoms with Gasteiger partial charge in [0.15, 0.2) is 0 Å². The van der Waals surface area contributed by atoms with Gasteiger partial charge in [-0.25, -0.2) is 0 Å². The fraction of sp³-hybridized carbons (Fsp3) is 0.478. The van der Waals surface area contributed by atoms with Crippen molar-refractivity contribution in [3.8, 4) is 0 Å². The van der Waals surface area contributed by atoms with Gasteiger partial charge in [-0.3, -0.25) is 9.59 Å². The van der Waals surface area contributed by atoms with E-state index in [1.165, 1.54) is 22.7 Å². The molecule has 0 aliphatic carbocycles. The molecule has 0 saturated carbocycles. The molecule has 5 rings (SSSR count). The van der Waals surface area contributed by atoms with Crippen molar-refractivity contribution in [3.63, 3.8) is 0 Å². The summed E-state index contributed by atoms with van der Waals surface area (Å²) in [5.74, 6) is 0.228. The topological polar surface area (TPSA) is 134 Å². The zero-order chi connectivity index (χ0) is 24.7. The molecule has 2 fully saturated rings. The molecule has 2 aliphatic rings. The molecule has 1 aromatic carbocycles. The first kappa shape index (κ1) is 24.5. The van der Waals surface area contributed by atoms with Crippen molar-refractivity contribution in [1.82, 2.24) is 20.4 Å². The molecular weight excluding hydrogens is 500 g/mol. The number of aromatic nitrogens is 4. The number of nitrogens with one attached hydrogen (secondary N) is 3. The molecule has 2 aliphatic heterocycles. The van der Waals surface area contributed by atoms with Crippen LogP contribution in [0.5, 0.6) is 0 Å². The van der Waals surface area contributed by atoms with Gasteiger partial charge >= 0.3 is 0 Å².